The number of nitrogens with zero attached hydrogens (tertiary/aromatic N) is 2. The van der Waals surface area contributed by atoms with E-state index in [0.717, 1.165) is 10.4 Å². The molecule has 0 fully saturated rings. The van der Waals surface area contributed by atoms with Crippen LogP contribution in [-0.4, -0.2) is 44.0 Å². The molecular weight excluding hydrogens is 296 g/mol. The largest absolute Gasteiger partial charge is 0.495 e. The standard InChI is InChI=1S/C13H16N2O5S/c1-3-15(8-4-7-14)21(18,19)12-9-10(13(16)17)5-6-11(12)20-2/h5-6,9H,3-4,8H2,1-2H3,(H,16,17). The normalized spacial score (nSPS) is 11.1. The molecule has 1 N–H and O–H groups in total. The van der Waals surface area contributed by atoms with Crippen LogP contribution in [0.15, 0.2) is 23.1 Å². The molecule has 0 heterocycles. The van der Waals surface area contributed by atoms with Crippen molar-refractivity contribution in [3.63, 3.8) is 0 Å². The molecule has 7 nitrogen and oxygen atoms in total. The number of carboxylic acids is 1. The van der Waals surface area contributed by atoms with Gasteiger partial charge in [0.15, 0.2) is 0 Å². The molecule has 0 radical (unpaired) electrons. The van der Waals surface area contributed by atoms with Crippen LogP contribution in [0.2, 0.25) is 0 Å². The summed E-state index contributed by atoms with van der Waals surface area (Å²) in [5.74, 6) is -1.16. The molecule has 0 bridgehead atoms. The molecule has 21 heavy (non-hydrogen) atoms. The van der Waals surface area contributed by atoms with Gasteiger partial charge in [-0.15, -0.1) is 0 Å². The Bertz CT molecular complexity index is 664. The highest BCUT2D eigenvalue weighted by atomic mass is 32.2. The molecule has 0 aliphatic rings. The van der Waals surface area contributed by atoms with E-state index in [1.54, 1.807) is 6.92 Å². The lowest BCUT2D eigenvalue weighted by atomic mass is 10.2. The Labute approximate surface area is 123 Å². The molecule has 0 spiro atoms. The Morgan fingerprint density at radius 2 is 2.14 bits per heavy atom. The first-order valence-electron chi connectivity index (χ1n) is 6.16. The van der Waals surface area contributed by atoms with Crippen molar-refractivity contribution in [2.75, 3.05) is 20.2 Å². The number of hydrogen-bond acceptors (Lipinski definition) is 5. The second-order valence-corrected chi connectivity index (χ2v) is 5.98. The number of methoxy groups -OCH3 is 1. The first-order valence-corrected chi connectivity index (χ1v) is 7.60. The molecule has 0 aromatic heterocycles. The van der Waals surface area contributed by atoms with Crippen LogP contribution in [0.25, 0.3) is 0 Å². The summed E-state index contributed by atoms with van der Waals surface area (Å²) in [6.45, 7) is 1.85. The van der Waals surface area contributed by atoms with Crippen molar-refractivity contribution < 1.29 is 23.1 Å². The van der Waals surface area contributed by atoms with Crippen molar-refractivity contribution in [2.24, 2.45) is 0 Å². The van der Waals surface area contributed by atoms with Crippen LogP contribution in [-0.2, 0) is 10.0 Å². The summed E-state index contributed by atoms with van der Waals surface area (Å²) in [6.07, 6.45) is 0.0496. The van der Waals surface area contributed by atoms with Gasteiger partial charge in [0.05, 0.1) is 18.7 Å². The van der Waals surface area contributed by atoms with E-state index in [4.69, 9.17) is 15.1 Å². The Balaban J connectivity index is 3.37. The van der Waals surface area contributed by atoms with Crippen molar-refractivity contribution in [2.45, 2.75) is 18.2 Å². The number of carboxylic acid groups (broad SMARTS) is 1. The van der Waals surface area contributed by atoms with Crippen LogP contribution in [0.4, 0.5) is 0 Å². The lowest BCUT2D eigenvalue weighted by Gasteiger charge is -2.20. The molecule has 0 amide bonds. The smallest absolute Gasteiger partial charge is 0.335 e. The minimum absolute atomic E-state index is 0.0375. The quantitative estimate of drug-likeness (QED) is 0.813. The number of aromatic carboxylic acids is 1. The van der Waals surface area contributed by atoms with Gasteiger partial charge in [0.25, 0.3) is 0 Å². The van der Waals surface area contributed by atoms with Crippen molar-refractivity contribution >= 4 is 16.0 Å². The van der Waals surface area contributed by atoms with Crippen LogP contribution in [0.3, 0.4) is 0 Å². The highest BCUT2D eigenvalue weighted by Gasteiger charge is 2.27. The third kappa shape index (κ3) is 3.71. The Morgan fingerprint density at radius 3 is 2.62 bits per heavy atom. The summed E-state index contributed by atoms with van der Waals surface area (Å²) in [7, 11) is -2.62. The van der Waals surface area contributed by atoms with Gasteiger partial charge in [-0.3, -0.25) is 0 Å². The molecule has 0 saturated heterocycles. The highest BCUT2D eigenvalue weighted by molar-refractivity contribution is 7.89. The topological polar surface area (TPSA) is 108 Å². The fourth-order valence-electron chi connectivity index (χ4n) is 1.77. The number of sulfonamides is 1. The zero-order valence-corrected chi connectivity index (χ0v) is 12.6. The van der Waals surface area contributed by atoms with Crippen molar-refractivity contribution in [3.8, 4) is 11.8 Å². The monoisotopic (exact) mass is 312 g/mol. The number of rotatable bonds is 7. The van der Waals surface area contributed by atoms with Crippen LogP contribution in [0.1, 0.15) is 23.7 Å². The van der Waals surface area contributed by atoms with E-state index in [1.807, 2.05) is 6.07 Å². The maximum absolute atomic E-state index is 12.6. The van der Waals surface area contributed by atoms with Crippen LogP contribution in [0, 0.1) is 11.3 Å². The van der Waals surface area contributed by atoms with E-state index in [-0.39, 0.29) is 35.7 Å². The fraction of sp³-hybridized carbons (Fsp3) is 0.385. The molecule has 8 heteroatoms. The number of benzene rings is 1. The van der Waals surface area contributed by atoms with Crippen molar-refractivity contribution in [3.05, 3.63) is 23.8 Å². The van der Waals surface area contributed by atoms with Gasteiger partial charge in [-0.2, -0.15) is 9.57 Å². The van der Waals surface area contributed by atoms with Crippen LogP contribution < -0.4 is 4.74 Å². The highest BCUT2D eigenvalue weighted by Crippen LogP contribution is 2.28. The molecular formula is C13H16N2O5S. The minimum Gasteiger partial charge on any atom is -0.495 e. The number of carbonyl (C=O) groups is 1. The summed E-state index contributed by atoms with van der Waals surface area (Å²) in [5, 5.41) is 17.6. The number of nitriles is 1. The predicted octanol–water partition coefficient (Wildman–Crippen LogP) is 1.32. The van der Waals surface area contributed by atoms with E-state index in [1.165, 1.54) is 19.2 Å². The lowest BCUT2D eigenvalue weighted by Crippen LogP contribution is -2.32. The average Bonchev–Trinajstić information content (AvgIpc) is 2.47. The molecule has 0 atom stereocenters. The summed E-state index contributed by atoms with van der Waals surface area (Å²) >= 11 is 0. The maximum atomic E-state index is 12.6. The molecule has 0 aliphatic heterocycles. The first kappa shape index (κ1) is 16.9. The Hall–Kier alpha value is -2.11. The summed E-state index contributed by atoms with van der Waals surface area (Å²) < 4.78 is 31.2. The molecule has 1 aromatic carbocycles. The van der Waals surface area contributed by atoms with Gasteiger partial charge in [0.1, 0.15) is 10.6 Å². The van der Waals surface area contributed by atoms with Crippen LogP contribution in [0.5, 0.6) is 5.75 Å². The second-order valence-electron chi connectivity index (χ2n) is 4.08. The van der Waals surface area contributed by atoms with E-state index in [2.05, 4.69) is 0 Å². The van der Waals surface area contributed by atoms with Crippen molar-refractivity contribution in [1.82, 2.24) is 4.31 Å². The molecule has 1 rings (SSSR count). The van der Waals surface area contributed by atoms with E-state index < -0.39 is 16.0 Å². The predicted molar refractivity (Wildman–Crippen MR) is 74.6 cm³/mol. The van der Waals surface area contributed by atoms with Gasteiger partial charge in [0, 0.05) is 19.5 Å². The van der Waals surface area contributed by atoms with Gasteiger partial charge < -0.3 is 9.84 Å². The third-order valence-electron chi connectivity index (χ3n) is 2.85. The van der Waals surface area contributed by atoms with Gasteiger partial charge in [-0.05, 0) is 18.2 Å². The minimum atomic E-state index is -3.93. The zero-order chi connectivity index (χ0) is 16.0. The van der Waals surface area contributed by atoms with Crippen molar-refractivity contribution in [1.29, 1.82) is 5.26 Å². The van der Waals surface area contributed by atoms with E-state index >= 15 is 0 Å². The zero-order valence-electron chi connectivity index (χ0n) is 11.7. The van der Waals surface area contributed by atoms with E-state index in [0.29, 0.717) is 0 Å². The maximum Gasteiger partial charge on any atom is 0.335 e. The van der Waals surface area contributed by atoms with E-state index in [9.17, 15) is 13.2 Å². The Kier molecular flexibility index (Phi) is 5.69. The van der Waals surface area contributed by atoms with Gasteiger partial charge in [-0.1, -0.05) is 6.92 Å². The third-order valence-corrected chi connectivity index (χ3v) is 4.85. The summed E-state index contributed by atoms with van der Waals surface area (Å²) in [5.41, 5.74) is -0.147. The first-order chi connectivity index (χ1) is 9.88. The molecule has 1 aromatic rings. The second kappa shape index (κ2) is 7.06. The summed E-state index contributed by atoms with van der Waals surface area (Å²) in [4.78, 5) is 10.8. The van der Waals surface area contributed by atoms with Gasteiger partial charge in [-0.25, -0.2) is 13.2 Å². The SMILES string of the molecule is CCN(CCC#N)S(=O)(=O)c1cc(C(=O)O)ccc1OC. The molecule has 0 aliphatic carbocycles. The van der Waals surface area contributed by atoms with Gasteiger partial charge >= 0.3 is 5.97 Å². The Morgan fingerprint density at radius 1 is 1.48 bits per heavy atom. The van der Waals surface area contributed by atoms with Gasteiger partial charge in [0.2, 0.25) is 10.0 Å². The number of hydrogen-bond donors (Lipinski definition) is 1. The number of ether oxygens (including phenoxy) is 1. The summed E-state index contributed by atoms with van der Waals surface area (Å²) in [6, 6.07) is 5.51. The fourth-order valence-corrected chi connectivity index (χ4v) is 3.40. The molecule has 0 saturated carbocycles. The molecule has 114 valence electrons. The average molecular weight is 312 g/mol. The van der Waals surface area contributed by atoms with Crippen LogP contribution >= 0.6 is 0 Å². The lowest BCUT2D eigenvalue weighted by molar-refractivity contribution is 0.0696. The molecule has 0 unspecified atom stereocenters.